The van der Waals surface area contributed by atoms with Gasteiger partial charge in [0.1, 0.15) is 23.3 Å². The first-order valence-corrected chi connectivity index (χ1v) is 13.4. The van der Waals surface area contributed by atoms with Crippen LogP contribution in [0.5, 0.6) is 0 Å². The number of rotatable bonds is 7. The Labute approximate surface area is 214 Å². The number of carbonyl (C=O) groups excluding carboxylic acids is 1. The third-order valence-corrected chi connectivity index (χ3v) is 8.22. The van der Waals surface area contributed by atoms with Gasteiger partial charge in [0.25, 0.3) is 10.0 Å². The molecule has 10 heteroatoms. The lowest BCUT2D eigenvalue weighted by Gasteiger charge is -2.22. The van der Waals surface area contributed by atoms with E-state index >= 15 is 0 Å². The minimum Gasteiger partial charge on any atom is -0.443 e. The number of nitrogens with zero attached hydrogens (tertiary/aromatic N) is 3. The highest BCUT2D eigenvalue weighted by Gasteiger charge is 2.41. The summed E-state index contributed by atoms with van der Waals surface area (Å²) in [5.41, 5.74) is 3.15. The maximum Gasteiger partial charge on any atom is 0.277 e. The molecule has 4 aromatic rings. The van der Waals surface area contributed by atoms with Gasteiger partial charge < -0.3 is 14.6 Å². The van der Waals surface area contributed by atoms with Crippen LogP contribution in [0.3, 0.4) is 0 Å². The Morgan fingerprint density at radius 2 is 1.95 bits per heavy atom. The topological polar surface area (TPSA) is 95.8 Å². The third-order valence-electron chi connectivity index (χ3n) is 6.46. The number of benzene rings is 2. The average molecular weight is 523 g/mol. The fourth-order valence-corrected chi connectivity index (χ4v) is 6.14. The Morgan fingerprint density at radius 3 is 2.76 bits per heavy atom. The summed E-state index contributed by atoms with van der Waals surface area (Å²) >= 11 is 0. The standard InChI is InChI=1S/C27H27FN4O4S/c1-31(2)25-15-20(10-11-29-25)19-6-3-5-18(13-19)17-30-27(33)23-7-4-12-32(23)37(34,35)26-16-21-14-22(28)8-9-24(21)36-26/h3,5-6,8-11,13-16,23H,4,7,12,17H2,1-2H3,(H,30,33)/t23-/m0/s1. The SMILES string of the molecule is CN(C)c1cc(-c2cccc(CNC(=O)[C@@H]3CCCN3S(=O)(=O)c3cc4cc(F)ccc4o3)c2)ccn1. The lowest BCUT2D eigenvalue weighted by molar-refractivity contribution is -0.124. The van der Waals surface area contributed by atoms with Crippen LogP contribution in [0.1, 0.15) is 18.4 Å². The predicted molar refractivity (Wildman–Crippen MR) is 139 cm³/mol. The Kier molecular flexibility index (Phi) is 6.70. The Balaban J connectivity index is 1.30. The van der Waals surface area contributed by atoms with E-state index in [1.165, 1.54) is 28.6 Å². The fourth-order valence-electron chi connectivity index (χ4n) is 4.53. The van der Waals surface area contributed by atoms with Crippen LogP contribution in [-0.4, -0.2) is 50.3 Å². The van der Waals surface area contributed by atoms with E-state index in [4.69, 9.17) is 4.42 Å². The van der Waals surface area contributed by atoms with Crippen molar-refractivity contribution in [1.29, 1.82) is 0 Å². The summed E-state index contributed by atoms with van der Waals surface area (Å²) in [5, 5.41) is 2.95. The molecule has 3 heterocycles. The van der Waals surface area contributed by atoms with Crippen molar-refractivity contribution in [2.24, 2.45) is 0 Å². The number of amides is 1. The first kappa shape index (κ1) is 24.9. The number of pyridine rings is 1. The molecular weight excluding hydrogens is 495 g/mol. The van der Waals surface area contributed by atoms with Crippen molar-refractivity contribution in [3.63, 3.8) is 0 Å². The minimum atomic E-state index is -4.07. The average Bonchev–Trinajstić information content (AvgIpc) is 3.56. The van der Waals surface area contributed by atoms with E-state index in [9.17, 15) is 17.6 Å². The van der Waals surface area contributed by atoms with E-state index in [2.05, 4.69) is 10.3 Å². The molecule has 1 fully saturated rings. The van der Waals surface area contributed by atoms with E-state index in [1.807, 2.05) is 55.4 Å². The molecule has 2 aromatic carbocycles. The highest BCUT2D eigenvalue weighted by Crippen LogP contribution is 2.30. The summed E-state index contributed by atoms with van der Waals surface area (Å²) in [7, 11) is -0.213. The molecular formula is C27H27FN4O4S. The minimum absolute atomic E-state index is 0.206. The first-order valence-electron chi connectivity index (χ1n) is 11.9. The highest BCUT2D eigenvalue weighted by molar-refractivity contribution is 7.89. The highest BCUT2D eigenvalue weighted by atomic mass is 32.2. The molecule has 37 heavy (non-hydrogen) atoms. The third kappa shape index (κ3) is 5.07. The molecule has 0 spiro atoms. The molecule has 0 bridgehead atoms. The van der Waals surface area contributed by atoms with Crippen molar-refractivity contribution >= 4 is 32.7 Å². The molecule has 2 aromatic heterocycles. The first-order chi connectivity index (χ1) is 17.7. The van der Waals surface area contributed by atoms with Crippen molar-refractivity contribution in [2.45, 2.75) is 30.5 Å². The van der Waals surface area contributed by atoms with Gasteiger partial charge in [-0.15, -0.1) is 0 Å². The van der Waals surface area contributed by atoms with E-state index in [1.54, 1.807) is 6.20 Å². The number of anilines is 1. The molecule has 0 radical (unpaired) electrons. The maximum absolute atomic E-state index is 13.5. The van der Waals surface area contributed by atoms with Crippen LogP contribution < -0.4 is 10.2 Å². The van der Waals surface area contributed by atoms with Crippen LogP contribution in [0.25, 0.3) is 22.1 Å². The summed E-state index contributed by atoms with van der Waals surface area (Å²) in [6.45, 7) is 0.462. The molecule has 0 aliphatic carbocycles. The largest absolute Gasteiger partial charge is 0.443 e. The van der Waals surface area contributed by atoms with Crippen molar-refractivity contribution in [2.75, 3.05) is 25.5 Å². The van der Waals surface area contributed by atoms with Crippen molar-refractivity contribution < 1.29 is 22.0 Å². The van der Waals surface area contributed by atoms with Crippen molar-refractivity contribution in [3.05, 3.63) is 78.2 Å². The smallest absolute Gasteiger partial charge is 0.277 e. The number of hydrogen-bond donors (Lipinski definition) is 1. The second-order valence-corrected chi connectivity index (χ2v) is 11.1. The van der Waals surface area contributed by atoms with Crippen LogP contribution in [0.2, 0.25) is 0 Å². The van der Waals surface area contributed by atoms with Crippen LogP contribution >= 0.6 is 0 Å². The quantitative estimate of drug-likeness (QED) is 0.392. The second-order valence-electron chi connectivity index (χ2n) is 9.24. The van der Waals surface area contributed by atoms with Gasteiger partial charge in [0.05, 0.1) is 0 Å². The number of aromatic nitrogens is 1. The maximum atomic E-state index is 13.5. The molecule has 192 valence electrons. The number of hydrogen-bond acceptors (Lipinski definition) is 6. The van der Waals surface area contributed by atoms with E-state index in [0.29, 0.717) is 18.2 Å². The van der Waals surface area contributed by atoms with Crippen LogP contribution in [0.4, 0.5) is 10.2 Å². The molecule has 1 atom stereocenters. The Bertz CT molecular complexity index is 1570. The van der Waals surface area contributed by atoms with Crippen LogP contribution in [0.15, 0.2) is 76.4 Å². The summed E-state index contributed by atoms with van der Waals surface area (Å²) < 4.78 is 46.8. The summed E-state index contributed by atoms with van der Waals surface area (Å²) in [6.07, 6.45) is 2.72. The molecule has 1 aliphatic rings. The van der Waals surface area contributed by atoms with Gasteiger partial charge in [0, 0.05) is 44.8 Å². The van der Waals surface area contributed by atoms with E-state index < -0.39 is 21.9 Å². The molecule has 1 aliphatic heterocycles. The van der Waals surface area contributed by atoms with Gasteiger partial charge in [-0.05, 0) is 65.9 Å². The molecule has 5 rings (SSSR count). The number of sulfonamides is 1. The lowest BCUT2D eigenvalue weighted by Crippen LogP contribution is -2.45. The van der Waals surface area contributed by atoms with Gasteiger partial charge in [0.2, 0.25) is 11.0 Å². The summed E-state index contributed by atoms with van der Waals surface area (Å²) in [4.78, 5) is 19.4. The van der Waals surface area contributed by atoms with Crippen LogP contribution in [-0.2, 0) is 21.4 Å². The van der Waals surface area contributed by atoms with Gasteiger partial charge in [-0.1, -0.05) is 18.2 Å². The number of fused-ring (bicyclic) bond motifs is 1. The molecule has 0 saturated carbocycles. The molecule has 1 amide bonds. The van der Waals surface area contributed by atoms with Crippen molar-refractivity contribution in [3.8, 4) is 11.1 Å². The van der Waals surface area contributed by atoms with Crippen LogP contribution in [0, 0.1) is 5.82 Å². The van der Waals surface area contributed by atoms with E-state index in [0.717, 1.165) is 22.5 Å². The zero-order valence-electron chi connectivity index (χ0n) is 20.5. The van der Waals surface area contributed by atoms with Gasteiger partial charge in [-0.3, -0.25) is 4.79 Å². The predicted octanol–water partition coefficient (Wildman–Crippen LogP) is 4.17. The monoisotopic (exact) mass is 522 g/mol. The number of carbonyl (C=O) groups is 1. The van der Waals surface area contributed by atoms with Gasteiger partial charge >= 0.3 is 0 Å². The number of furan rings is 1. The van der Waals surface area contributed by atoms with Gasteiger partial charge in [-0.25, -0.2) is 17.8 Å². The summed E-state index contributed by atoms with van der Waals surface area (Å²) in [5.74, 6) is -0.0115. The molecule has 8 nitrogen and oxygen atoms in total. The Hall–Kier alpha value is -3.76. The normalized spacial score (nSPS) is 16.2. The van der Waals surface area contributed by atoms with Gasteiger partial charge in [-0.2, -0.15) is 4.31 Å². The second kappa shape index (κ2) is 9.95. The molecule has 1 saturated heterocycles. The van der Waals surface area contributed by atoms with Crippen molar-refractivity contribution in [1.82, 2.24) is 14.6 Å². The fraction of sp³-hybridized carbons (Fsp3) is 0.259. The zero-order chi connectivity index (χ0) is 26.2. The zero-order valence-corrected chi connectivity index (χ0v) is 21.3. The van der Waals surface area contributed by atoms with E-state index in [-0.39, 0.29) is 29.7 Å². The number of halogens is 1. The molecule has 1 N–H and O–H groups in total. The number of nitrogens with one attached hydrogen (secondary N) is 1. The lowest BCUT2D eigenvalue weighted by atomic mass is 10.0. The molecule has 0 unspecified atom stereocenters. The summed E-state index contributed by atoms with van der Waals surface area (Å²) in [6, 6.07) is 16.0. The Morgan fingerprint density at radius 1 is 1.14 bits per heavy atom. The van der Waals surface area contributed by atoms with Gasteiger partial charge in [0.15, 0.2) is 0 Å².